The summed E-state index contributed by atoms with van der Waals surface area (Å²) in [5.41, 5.74) is 0.951. The number of hydrogen-bond acceptors (Lipinski definition) is 3. The van der Waals surface area contributed by atoms with Gasteiger partial charge in [0.05, 0.1) is 0 Å². The van der Waals surface area contributed by atoms with Crippen molar-refractivity contribution in [1.82, 2.24) is 10.3 Å². The number of nitrogens with one attached hydrogen (secondary N) is 1. The van der Waals surface area contributed by atoms with Gasteiger partial charge in [-0.15, -0.1) is 0 Å². The van der Waals surface area contributed by atoms with Crippen molar-refractivity contribution in [2.24, 2.45) is 0 Å². The van der Waals surface area contributed by atoms with Gasteiger partial charge < -0.3 is 10.1 Å². The van der Waals surface area contributed by atoms with E-state index in [9.17, 15) is 4.79 Å². The summed E-state index contributed by atoms with van der Waals surface area (Å²) in [6.07, 6.45) is 3.48. The fourth-order valence-corrected chi connectivity index (χ4v) is 1.93. The van der Waals surface area contributed by atoms with Crippen molar-refractivity contribution in [2.75, 3.05) is 0 Å². The summed E-state index contributed by atoms with van der Waals surface area (Å²) in [6, 6.07) is 10.7. The third kappa shape index (κ3) is 4.76. The molecule has 5 heteroatoms. The summed E-state index contributed by atoms with van der Waals surface area (Å²) < 4.78 is 5.68. The average Bonchev–Trinajstić information content (AvgIpc) is 2.53. The summed E-state index contributed by atoms with van der Waals surface area (Å²) in [5, 5.41) is 3.49. The first-order chi connectivity index (χ1) is 10.2. The van der Waals surface area contributed by atoms with E-state index in [1.165, 1.54) is 0 Å². The van der Waals surface area contributed by atoms with E-state index in [1.54, 1.807) is 36.7 Å². The number of carbonyl (C=O) groups is 1. The van der Waals surface area contributed by atoms with Crippen molar-refractivity contribution < 1.29 is 9.53 Å². The van der Waals surface area contributed by atoms with Crippen LogP contribution in [-0.2, 0) is 11.3 Å². The second-order valence-electron chi connectivity index (χ2n) is 4.55. The van der Waals surface area contributed by atoms with E-state index in [0.29, 0.717) is 23.7 Å². The molecule has 1 N–H and O–H groups in total. The minimum atomic E-state index is -0.525. The van der Waals surface area contributed by atoms with Crippen LogP contribution in [0, 0.1) is 0 Å². The first kappa shape index (κ1) is 15.3. The number of halogens is 1. The van der Waals surface area contributed by atoms with Gasteiger partial charge in [-0.05, 0) is 42.3 Å². The highest BCUT2D eigenvalue weighted by molar-refractivity contribution is 6.30. The Hall–Kier alpha value is -2.07. The lowest BCUT2D eigenvalue weighted by atomic mass is 10.2. The molecule has 0 bridgehead atoms. The smallest absolute Gasteiger partial charge is 0.261 e. The van der Waals surface area contributed by atoms with Gasteiger partial charge in [0.2, 0.25) is 0 Å². The van der Waals surface area contributed by atoms with Crippen LogP contribution in [0.2, 0.25) is 5.02 Å². The molecule has 0 spiro atoms. The first-order valence-corrected chi connectivity index (χ1v) is 7.15. The molecule has 1 heterocycles. The predicted molar refractivity (Wildman–Crippen MR) is 82.2 cm³/mol. The van der Waals surface area contributed by atoms with Crippen molar-refractivity contribution in [3.05, 3.63) is 59.4 Å². The van der Waals surface area contributed by atoms with Gasteiger partial charge in [-0.25, -0.2) is 0 Å². The molecule has 0 saturated carbocycles. The van der Waals surface area contributed by atoms with Crippen molar-refractivity contribution in [3.63, 3.8) is 0 Å². The lowest BCUT2D eigenvalue weighted by molar-refractivity contribution is -0.128. The predicted octanol–water partition coefficient (Wildman–Crippen LogP) is 3.21. The maximum atomic E-state index is 12.1. The summed E-state index contributed by atoms with van der Waals surface area (Å²) in [7, 11) is 0. The fraction of sp³-hybridized carbons (Fsp3) is 0.250. The standard InChI is InChI=1S/C16H17ClN2O2/c1-2-15(21-14-7-5-13(17)6-8-14)16(20)19-11-12-4-3-9-18-10-12/h3-10,15H,2,11H2,1H3,(H,19,20)/t15-/m1/s1. The molecule has 0 unspecified atom stereocenters. The van der Waals surface area contributed by atoms with Crippen molar-refractivity contribution >= 4 is 17.5 Å². The van der Waals surface area contributed by atoms with Crippen LogP contribution in [-0.4, -0.2) is 17.0 Å². The molecule has 2 aromatic rings. The Morgan fingerprint density at radius 3 is 2.71 bits per heavy atom. The van der Waals surface area contributed by atoms with E-state index in [1.807, 2.05) is 19.1 Å². The minimum absolute atomic E-state index is 0.142. The Morgan fingerprint density at radius 2 is 2.10 bits per heavy atom. The van der Waals surface area contributed by atoms with Gasteiger partial charge in [0.15, 0.2) is 6.10 Å². The largest absolute Gasteiger partial charge is 0.481 e. The molecule has 0 aliphatic carbocycles. The molecule has 0 radical (unpaired) electrons. The maximum absolute atomic E-state index is 12.1. The zero-order chi connectivity index (χ0) is 15.1. The van der Waals surface area contributed by atoms with E-state index >= 15 is 0 Å². The average molecular weight is 305 g/mol. The number of rotatable bonds is 6. The van der Waals surface area contributed by atoms with Gasteiger partial charge in [0.1, 0.15) is 5.75 Å². The van der Waals surface area contributed by atoms with Gasteiger partial charge in [0, 0.05) is 24.0 Å². The molecule has 1 amide bonds. The molecule has 1 aromatic carbocycles. The number of carbonyl (C=O) groups excluding carboxylic acids is 1. The van der Waals surface area contributed by atoms with Crippen LogP contribution in [0.15, 0.2) is 48.8 Å². The molecule has 21 heavy (non-hydrogen) atoms. The van der Waals surface area contributed by atoms with Crippen LogP contribution < -0.4 is 10.1 Å². The topological polar surface area (TPSA) is 51.2 Å². The van der Waals surface area contributed by atoms with Crippen molar-refractivity contribution in [1.29, 1.82) is 0 Å². The van der Waals surface area contributed by atoms with Gasteiger partial charge in [-0.1, -0.05) is 24.6 Å². The van der Waals surface area contributed by atoms with Crippen molar-refractivity contribution in [3.8, 4) is 5.75 Å². The summed E-state index contributed by atoms with van der Waals surface area (Å²) in [5.74, 6) is 0.485. The molecule has 4 nitrogen and oxygen atoms in total. The molecular weight excluding hydrogens is 288 g/mol. The number of amides is 1. The summed E-state index contributed by atoms with van der Waals surface area (Å²) in [6.45, 7) is 2.34. The molecule has 110 valence electrons. The molecule has 2 rings (SSSR count). The molecule has 0 fully saturated rings. The Labute approximate surface area is 129 Å². The quantitative estimate of drug-likeness (QED) is 0.891. The van der Waals surface area contributed by atoms with E-state index in [-0.39, 0.29) is 5.91 Å². The molecule has 0 saturated heterocycles. The Morgan fingerprint density at radius 1 is 1.33 bits per heavy atom. The van der Waals surface area contributed by atoms with Crippen LogP contribution in [0.25, 0.3) is 0 Å². The third-order valence-electron chi connectivity index (χ3n) is 2.94. The maximum Gasteiger partial charge on any atom is 0.261 e. The lowest BCUT2D eigenvalue weighted by Crippen LogP contribution is -2.37. The van der Waals surface area contributed by atoms with Gasteiger partial charge in [-0.3, -0.25) is 9.78 Å². The van der Waals surface area contributed by atoms with E-state index in [2.05, 4.69) is 10.3 Å². The van der Waals surface area contributed by atoms with Crippen LogP contribution in [0.1, 0.15) is 18.9 Å². The molecule has 0 aliphatic rings. The highest BCUT2D eigenvalue weighted by Crippen LogP contribution is 2.17. The SMILES string of the molecule is CC[C@@H](Oc1ccc(Cl)cc1)C(=O)NCc1cccnc1. The minimum Gasteiger partial charge on any atom is -0.481 e. The highest BCUT2D eigenvalue weighted by atomic mass is 35.5. The Balaban J connectivity index is 1.90. The van der Waals surface area contributed by atoms with Crippen LogP contribution in [0.4, 0.5) is 0 Å². The van der Waals surface area contributed by atoms with E-state index in [4.69, 9.17) is 16.3 Å². The summed E-state index contributed by atoms with van der Waals surface area (Å²) >= 11 is 5.82. The van der Waals surface area contributed by atoms with Gasteiger partial charge >= 0.3 is 0 Å². The Bertz CT molecular complexity index is 573. The molecular formula is C16H17ClN2O2. The normalized spacial score (nSPS) is 11.7. The zero-order valence-corrected chi connectivity index (χ0v) is 12.5. The monoisotopic (exact) mass is 304 g/mol. The Kier molecular flexibility index (Phi) is 5.58. The van der Waals surface area contributed by atoms with Crippen LogP contribution in [0.5, 0.6) is 5.75 Å². The molecule has 1 aromatic heterocycles. The number of aromatic nitrogens is 1. The highest BCUT2D eigenvalue weighted by Gasteiger charge is 2.17. The molecule has 0 aliphatic heterocycles. The first-order valence-electron chi connectivity index (χ1n) is 6.78. The van der Waals surface area contributed by atoms with E-state index < -0.39 is 6.10 Å². The van der Waals surface area contributed by atoms with Crippen molar-refractivity contribution in [2.45, 2.75) is 26.0 Å². The van der Waals surface area contributed by atoms with Crippen LogP contribution >= 0.6 is 11.6 Å². The fourth-order valence-electron chi connectivity index (χ4n) is 1.81. The number of ether oxygens (including phenoxy) is 1. The lowest BCUT2D eigenvalue weighted by Gasteiger charge is -2.17. The number of hydrogen-bond donors (Lipinski definition) is 1. The zero-order valence-electron chi connectivity index (χ0n) is 11.8. The number of benzene rings is 1. The number of pyridine rings is 1. The second-order valence-corrected chi connectivity index (χ2v) is 4.98. The van der Waals surface area contributed by atoms with E-state index in [0.717, 1.165) is 5.56 Å². The van der Waals surface area contributed by atoms with Gasteiger partial charge in [0.25, 0.3) is 5.91 Å². The second kappa shape index (κ2) is 7.64. The van der Waals surface area contributed by atoms with Crippen LogP contribution in [0.3, 0.4) is 0 Å². The third-order valence-corrected chi connectivity index (χ3v) is 3.20. The summed E-state index contributed by atoms with van der Waals surface area (Å²) in [4.78, 5) is 16.1. The number of nitrogens with zero attached hydrogens (tertiary/aromatic N) is 1. The van der Waals surface area contributed by atoms with Gasteiger partial charge in [-0.2, -0.15) is 0 Å². The molecule has 1 atom stereocenters.